The molecule has 11 heteroatoms. The molecular formula is C20H29F2N3O4S2. The summed E-state index contributed by atoms with van der Waals surface area (Å²) in [5.41, 5.74) is 5.87. The third-order valence-corrected chi connectivity index (χ3v) is 5.60. The fourth-order valence-electron chi connectivity index (χ4n) is 2.90. The van der Waals surface area contributed by atoms with Crippen molar-refractivity contribution in [2.75, 3.05) is 24.3 Å². The molecule has 0 aromatic heterocycles. The Morgan fingerprint density at radius 2 is 1.81 bits per heavy atom. The molecule has 0 fully saturated rings. The van der Waals surface area contributed by atoms with Gasteiger partial charge in [0.25, 0.3) is 0 Å². The molecule has 0 aliphatic rings. The second-order valence-electron chi connectivity index (χ2n) is 7.08. The molecule has 0 saturated carbocycles. The Balaban J connectivity index is 2.84. The van der Waals surface area contributed by atoms with Crippen LogP contribution in [-0.4, -0.2) is 59.3 Å². The van der Waals surface area contributed by atoms with E-state index < -0.39 is 41.5 Å². The standard InChI is InChI=1S/C20H29F2N3O4S2/c1-31-6-4-17(20(28)29)25-18(26)13(3-2-5-24-19(27)16(23)11-30)7-12-8-14(21)10-15(22)9-12/h8-10,13,16-17,30H,2-7,11,23H2,1H3,(H,24,27)(H,25,26)(H,28,29)/t13-,16+,17+/m1/s1. The largest absolute Gasteiger partial charge is 0.480 e. The van der Waals surface area contributed by atoms with Crippen molar-refractivity contribution in [2.45, 2.75) is 37.8 Å². The van der Waals surface area contributed by atoms with Crippen LogP contribution in [0.3, 0.4) is 0 Å². The van der Waals surface area contributed by atoms with Gasteiger partial charge in [0.1, 0.15) is 17.7 Å². The fourth-order valence-corrected chi connectivity index (χ4v) is 3.53. The van der Waals surface area contributed by atoms with Crippen LogP contribution in [0, 0.1) is 17.6 Å². The Morgan fingerprint density at radius 3 is 2.35 bits per heavy atom. The van der Waals surface area contributed by atoms with Crippen LogP contribution in [0.1, 0.15) is 24.8 Å². The topological polar surface area (TPSA) is 122 Å². The molecule has 7 nitrogen and oxygen atoms in total. The minimum absolute atomic E-state index is 0.0273. The van der Waals surface area contributed by atoms with Gasteiger partial charge in [-0.3, -0.25) is 9.59 Å². The number of aliphatic carboxylic acids is 1. The monoisotopic (exact) mass is 477 g/mol. The number of rotatable bonds is 14. The van der Waals surface area contributed by atoms with Crippen LogP contribution in [-0.2, 0) is 20.8 Å². The Kier molecular flexibility index (Phi) is 12.5. The summed E-state index contributed by atoms with van der Waals surface area (Å²) in [5, 5.41) is 14.5. The highest BCUT2D eigenvalue weighted by Gasteiger charge is 2.25. The average molecular weight is 478 g/mol. The van der Waals surface area contributed by atoms with E-state index in [4.69, 9.17) is 5.73 Å². The minimum Gasteiger partial charge on any atom is -0.480 e. The summed E-state index contributed by atoms with van der Waals surface area (Å²) in [6.07, 6.45) is 2.77. The molecule has 0 aliphatic heterocycles. The first-order valence-corrected chi connectivity index (χ1v) is 11.8. The molecule has 5 N–H and O–H groups in total. The SMILES string of the molecule is CSCC[C@H](NC(=O)[C@H](CCCNC(=O)[C@@H](N)CS)Cc1cc(F)cc(F)c1)C(=O)O. The van der Waals surface area contributed by atoms with Crippen LogP contribution in [0.5, 0.6) is 0 Å². The summed E-state index contributed by atoms with van der Waals surface area (Å²) in [5.74, 6) is -3.54. The summed E-state index contributed by atoms with van der Waals surface area (Å²) < 4.78 is 27.1. The maximum Gasteiger partial charge on any atom is 0.326 e. The maximum absolute atomic E-state index is 13.6. The molecule has 0 saturated heterocycles. The molecule has 174 valence electrons. The lowest BCUT2D eigenvalue weighted by Gasteiger charge is -2.21. The van der Waals surface area contributed by atoms with Crippen LogP contribution in [0.25, 0.3) is 0 Å². The van der Waals surface area contributed by atoms with Gasteiger partial charge >= 0.3 is 5.97 Å². The van der Waals surface area contributed by atoms with Gasteiger partial charge < -0.3 is 21.5 Å². The van der Waals surface area contributed by atoms with E-state index in [0.717, 1.165) is 18.2 Å². The van der Waals surface area contributed by atoms with E-state index >= 15 is 0 Å². The highest BCUT2D eigenvalue weighted by molar-refractivity contribution is 7.98. The van der Waals surface area contributed by atoms with Crippen molar-refractivity contribution in [1.82, 2.24) is 10.6 Å². The van der Waals surface area contributed by atoms with Crippen LogP contribution in [0.15, 0.2) is 18.2 Å². The van der Waals surface area contributed by atoms with E-state index in [1.54, 1.807) is 0 Å². The number of carbonyl (C=O) groups is 3. The van der Waals surface area contributed by atoms with E-state index in [2.05, 4.69) is 23.3 Å². The van der Waals surface area contributed by atoms with Gasteiger partial charge in [-0.15, -0.1) is 0 Å². The summed E-state index contributed by atoms with van der Waals surface area (Å²) in [4.78, 5) is 36.0. The van der Waals surface area contributed by atoms with Crippen LogP contribution >= 0.6 is 24.4 Å². The number of nitrogens with one attached hydrogen (secondary N) is 2. The fraction of sp³-hybridized carbons (Fsp3) is 0.550. The summed E-state index contributed by atoms with van der Waals surface area (Å²) in [6, 6.07) is 1.21. The van der Waals surface area contributed by atoms with Gasteiger partial charge in [-0.25, -0.2) is 13.6 Å². The second-order valence-corrected chi connectivity index (χ2v) is 8.43. The third kappa shape index (κ3) is 10.3. The van der Waals surface area contributed by atoms with Gasteiger partial charge in [0, 0.05) is 24.3 Å². The molecule has 0 heterocycles. The quantitative estimate of drug-likeness (QED) is 0.205. The van der Waals surface area contributed by atoms with E-state index in [9.17, 15) is 28.3 Å². The molecule has 1 rings (SSSR count). The lowest BCUT2D eigenvalue weighted by atomic mass is 9.93. The number of carbonyl (C=O) groups excluding carboxylic acids is 2. The van der Waals surface area contributed by atoms with E-state index in [1.807, 2.05) is 6.26 Å². The molecular weight excluding hydrogens is 448 g/mol. The number of thioether (sulfide) groups is 1. The molecule has 0 aliphatic carbocycles. The molecule has 0 spiro atoms. The Labute approximate surface area is 190 Å². The zero-order chi connectivity index (χ0) is 23.4. The lowest BCUT2D eigenvalue weighted by Crippen LogP contribution is -2.45. The molecule has 1 aromatic carbocycles. The number of carboxylic acid groups (broad SMARTS) is 1. The summed E-state index contributed by atoms with van der Waals surface area (Å²) in [6.45, 7) is 0.246. The molecule has 1 aromatic rings. The van der Waals surface area contributed by atoms with Crippen molar-refractivity contribution < 1.29 is 28.3 Å². The van der Waals surface area contributed by atoms with E-state index in [1.165, 1.54) is 11.8 Å². The molecule has 3 atom stereocenters. The number of hydrogen-bond acceptors (Lipinski definition) is 6. The van der Waals surface area contributed by atoms with Gasteiger partial charge in [-0.1, -0.05) is 0 Å². The lowest BCUT2D eigenvalue weighted by molar-refractivity contribution is -0.142. The minimum atomic E-state index is -1.15. The van der Waals surface area contributed by atoms with Crippen LogP contribution in [0.4, 0.5) is 8.78 Å². The number of benzene rings is 1. The number of halogens is 2. The van der Waals surface area contributed by atoms with Gasteiger partial charge in [0.2, 0.25) is 11.8 Å². The van der Waals surface area contributed by atoms with Gasteiger partial charge in [0.15, 0.2) is 0 Å². The normalized spacial score (nSPS) is 13.8. The second kappa shape index (κ2) is 14.3. The zero-order valence-corrected chi connectivity index (χ0v) is 19.0. The number of hydrogen-bond donors (Lipinski definition) is 5. The molecule has 0 unspecified atom stereocenters. The van der Waals surface area contributed by atoms with E-state index in [-0.39, 0.29) is 43.0 Å². The van der Waals surface area contributed by atoms with Crippen molar-refractivity contribution in [2.24, 2.45) is 11.7 Å². The van der Waals surface area contributed by atoms with Crippen molar-refractivity contribution in [3.63, 3.8) is 0 Å². The van der Waals surface area contributed by atoms with Crippen molar-refractivity contribution in [1.29, 1.82) is 0 Å². The first kappa shape index (κ1) is 27.2. The van der Waals surface area contributed by atoms with Crippen molar-refractivity contribution in [3.8, 4) is 0 Å². The first-order valence-electron chi connectivity index (χ1n) is 9.79. The zero-order valence-electron chi connectivity index (χ0n) is 17.3. The molecule has 0 bridgehead atoms. The van der Waals surface area contributed by atoms with Gasteiger partial charge in [0.05, 0.1) is 6.04 Å². The Morgan fingerprint density at radius 1 is 1.16 bits per heavy atom. The summed E-state index contributed by atoms with van der Waals surface area (Å²) in [7, 11) is 0. The number of amides is 2. The van der Waals surface area contributed by atoms with Crippen molar-refractivity contribution in [3.05, 3.63) is 35.4 Å². The number of carboxylic acids is 1. The number of thiol groups is 1. The molecule has 31 heavy (non-hydrogen) atoms. The predicted octanol–water partition coefficient (Wildman–Crippen LogP) is 1.60. The van der Waals surface area contributed by atoms with Crippen LogP contribution in [0.2, 0.25) is 0 Å². The maximum atomic E-state index is 13.6. The van der Waals surface area contributed by atoms with Crippen molar-refractivity contribution >= 4 is 42.2 Å². The predicted molar refractivity (Wildman–Crippen MR) is 120 cm³/mol. The molecule has 0 radical (unpaired) electrons. The highest BCUT2D eigenvalue weighted by atomic mass is 32.2. The number of nitrogens with two attached hydrogens (primary N) is 1. The van der Waals surface area contributed by atoms with Crippen LogP contribution < -0.4 is 16.4 Å². The van der Waals surface area contributed by atoms with Gasteiger partial charge in [-0.2, -0.15) is 24.4 Å². The molecule has 2 amide bonds. The highest BCUT2D eigenvalue weighted by Crippen LogP contribution is 2.18. The average Bonchev–Trinajstić information content (AvgIpc) is 2.71. The Hall–Kier alpha value is -1.85. The van der Waals surface area contributed by atoms with Gasteiger partial charge in [-0.05, 0) is 55.4 Å². The first-order chi connectivity index (χ1) is 14.7. The third-order valence-electron chi connectivity index (χ3n) is 4.56. The Bertz CT molecular complexity index is 735. The van der Waals surface area contributed by atoms with E-state index in [0.29, 0.717) is 12.2 Å². The smallest absolute Gasteiger partial charge is 0.326 e. The summed E-state index contributed by atoms with van der Waals surface area (Å²) >= 11 is 5.41.